The highest BCUT2D eigenvalue weighted by molar-refractivity contribution is 7.99. The molecule has 0 unspecified atom stereocenters. The molecule has 2 aromatic carbocycles. The van der Waals surface area contributed by atoms with Gasteiger partial charge in [-0.2, -0.15) is 0 Å². The number of carbonyl (C=O) groups excluding carboxylic acids is 1. The molecule has 0 fully saturated rings. The van der Waals surface area contributed by atoms with Gasteiger partial charge in [0.15, 0.2) is 5.16 Å². The predicted octanol–water partition coefficient (Wildman–Crippen LogP) is 3.53. The number of thioether (sulfide) groups is 1. The fourth-order valence-corrected chi connectivity index (χ4v) is 3.49. The average molecular weight is 433 g/mol. The average Bonchev–Trinajstić information content (AvgIpc) is 3.11. The number of methoxy groups -OCH3 is 1. The number of hydrogen-bond acceptors (Lipinski definition) is 6. The lowest BCUT2D eigenvalue weighted by Crippen LogP contribution is -2.29. The standard InChI is InChI=1S/C20H21ClN4O3S/c1-14-23-24-20(25(14)16-5-9-17(27-2)10-6-16)29-13-19(26)22-11-12-28-18-7-3-15(21)4-8-18/h3-10H,11-13H2,1-2H3,(H,22,26). The predicted molar refractivity (Wildman–Crippen MR) is 113 cm³/mol. The first-order valence-corrected chi connectivity index (χ1v) is 10.3. The summed E-state index contributed by atoms with van der Waals surface area (Å²) >= 11 is 7.16. The van der Waals surface area contributed by atoms with Crippen molar-refractivity contribution in [3.05, 3.63) is 59.4 Å². The highest BCUT2D eigenvalue weighted by Crippen LogP contribution is 2.23. The molecule has 0 radical (unpaired) electrons. The Morgan fingerprint density at radius 3 is 2.48 bits per heavy atom. The third kappa shape index (κ3) is 5.88. The molecule has 0 saturated carbocycles. The van der Waals surface area contributed by atoms with Crippen molar-refractivity contribution in [1.82, 2.24) is 20.1 Å². The monoisotopic (exact) mass is 432 g/mol. The Hall–Kier alpha value is -2.71. The zero-order valence-electron chi connectivity index (χ0n) is 16.1. The van der Waals surface area contributed by atoms with Gasteiger partial charge in [-0.1, -0.05) is 23.4 Å². The minimum atomic E-state index is -0.100. The van der Waals surface area contributed by atoms with Gasteiger partial charge in [-0.25, -0.2) is 0 Å². The number of rotatable bonds is 9. The van der Waals surface area contributed by atoms with Crippen LogP contribution in [0.5, 0.6) is 11.5 Å². The topological polar surface area (TPSA) is 78.3 Å². The van der Waals surface area contributed by atoms with Gasteiger partial charge in [-0.3, -0.25) is 9.36 Å². The Kier molecular flexibility index (Phi) is 7.37. The van der Waals surface area contributed by atoms with Crippen LogP contribution in [0.1, 0.15) is 5.82 Å². The summed E-state index contributed by atoms with van der Waals surface area (Å²) in [6, 6.07) is 14.7. The van der Waals surface area contributed by atoms with Crippen molar-refractivity contribution in [2.24, 2.45) is 0 Å². The maximum absolute atomic E-state index is 12.1. The van der Waals surface area contributed by atoms with Gasteiger partial charge in [0.1, 0.15) is 23.9 Å². The summed E-state index contributed by atoms with van der Waals surface area (Å²) in [4.78, 5) is 12.1. The molecule has 9 heteroatoms. The van der Waals surface area contributed by atoms with Crippen LogP contribution in [0.2, 0.25) is 5.02 Å². The zero-order valence-corrected chi connectivity index (χ0v) is 17.7. The number of aryl methyl sites for hydroxylation is 1. The molecule has 0 aliphatic rings. The number of ether oxygens (including phenoxy) is 2. The van der Waals surface area contributed by atoms with Crippen LogP contribution in [0.4, 0.5) is 0 Å². The summed E-state index contributed by atoms with van der Waals surface area (Å²) in [5.41, 5.74) is 0.910. The largest absolute Gasteiger partial charge is 0.497 e. The van der Waals surface area contributed by atoms with E-state index in [4.69, 9.17) is 21.1 Å². The Labute approximate surface area is 178 Å². The first-order chi connectivity index (χ1) is 14.1. The number of aromatic nitrogens is 3. The number of halogens is 1. The molecule has 29 heavy (non-hydrogen) atoms. The van der Waals surface area contributed by atoms with Gasteiger partial charge >= 0.3 is 0 Å². The first kappa shape index (κ1) is 21.0. The second kappa shape index (κ2) is 10.2. The van der Waals surface area contributed by atoms with E-state index in [1.54, 1.807) is 31.4 Å². The minimum absolute atomic E-state index is 0.100. The zero-order chi connectivity index (χ0) is 20.6. The molecular weight excluding hydrogens is 412 g/mol. The summed E-state index contributed by atoms with van der Waals surface area (Å²) in [5.74, 6) is 2.36. The molecule has 152 valence electrons. The minimum Gasteiger partial charge on any atom is -0.497 e. The van der Waals surface area contributed by atoms with Gasteiger partial charge in [0.2, 0.25) is 5.91 Å². The Morgan fingerprint density at radius 1 is 1.10 bits per heavy atom. The maximum atomic E-state index is 12.1. The smallest absolute Gasteiger partial charge is 0.230 e. The number of nitrogens with one attached hydrogen (secondary N) is 1. The SMILES string of the molecule is COc1ccc(-n2c(C)nnc2SCC(=O)NCCOc2ccc(Cl)cc2)cc1. The van der Waals surface area contributed by atoms with Gasteiger partial charge in [0.25, 0.3) is 0 Å². The van der Waals surface area contributed by atoms with E-state index < -0.39 is 0 Å². The summed E-state index contributed by atoms with van der Waals surface area (Å²) in [5, 5.41) is 12.4. The van der Waals surface area contributed by atoms with Crippen LogP contribution in [0, 0.1) is 6.92 Å². The fraction of sp³-hybridized carbons (Fsp3) is 0.250. The van der Waals surface area contributed by atoms with Gasteiger partial charge in [-0.15, -0.1) is 10.2 Å². The van der Waals surface area contributed by atoms with E-state index in [2.05, 4.69) is 15.5 Å². The molecule has 0 saturated heterocycles. The summed E-state index contributed by atoms with van der Waals surface area (Å²) in [6.07, 6.45) is 0. The Balaban J connectivity index is 1.48. The molecule has 3 aromatic rings. The molecule has 3 rings (SSSR count). The molecule has 0 aliphatic heterocycles. The fourth-order valence-electron chi connectivity index (χ4n) is 2.54. The molecule has 1 heterocycles. The van der Waals surface area contributed by atoms with Gasteiger partial charge in [-0.05, 0) is 55.5 Å². The molecule has 1 aromatic heterocycles. The van der Waals surface area contributed by atoms with Crippen molar-refractivity contribution >= 4 is 29.3 Å². The van der Waals surface area contributed by atoms with Crippen molar-refractivity contribution in [2.75, 3.05) is 26.0 Å². The van der Waals surface area contributed by atoms with Crippen molar-refractivity contribution in [1.29, 1.82) is 0 Å². The van der Waals surface area contributed by atoms with E-state index in [0.29, 0.717) is 29.1 Å². The third-order valence-corrected chi connectivity index (χ3v) is 5.15. The number of benzene rings is 2. The van der Waals surface area contributed by atoms with Gasteiger partial charge < -0.3 is 14.8 Å². The molecule has 7 nitrogen and oxygen atoms in total. The van der Waals surface area contributed by atoms with E-state index >= 15 is 0 Å². The number of hydrogen-bond donors (Lipinski definition) is 1. The van der Waals surface area contributed by atoms with Crippen molar-refractivity contribution < 1.29 is 14.3 Å². The molecular formula is C20H21ClN4O3S. The van der Waals surface area contributed by atoms with E-state index in [0.717, 1.165) is 17.3 Å². The van der Waals surface area contributed by atoms with E-state index in [9.17, 15) is 4.79 Å². The number of amides is 1. The van der Waals surface area contributed by atoms with Crippen LogP contribution in [0.25, 0.3) is 5.69 Å². The van der Waals surface area contributed by atoms with Crippen LogP contribution in [0.15, 0.2) is 53.7 Å². The van der Waals surface area contributed by atoms with Crippen molar-refractivity contribution in [3.63, 3.8) is 0 Å². The normalized spacial score (nSPS) is 10.6. The van der Waals surface area contributed by atoms with Crippen molar-refractivity contribution in [3.8, 4) is 17.2 Å². The number of nitrogens with zero attached hydrogens (tertiary/aromatic N) is 3. The summed E-state index contributed by atoms with van der Waals surface area (Å²) < 4.78 is 12.7. The lowest BCUT2D eigenvalue weighted by atomic mass is 10.3. The number of carbonyl (C=O) groups is 1. The summed E-state index contributed by atoms with van der Waals surface area (Å²) in [6.45, 7) is 2.65. The molecule has 0 spiro atoms. The van der Waals surface area contributed by atoms with Crippen LogP contribution >= 0.6 is 23.4 Å². The first-order valence-electron chi connectivity index (χ1n) is 8.91. The van der Waals surface area contributed by atoms with Gasteiger partial charge in [0.05, 0.1) is 19.4 Å². The van der Waals surface area contributed by atoms with Crippen LogP contribution in [-0.4, -0.2) is 46.7 Å². The van der Waals surface area contributed by atoms with Gasteiger partial charge in [0, 0.05) is 10.7 Å². The third-order valence-electron chi connectivity index (χ3n) is 3.96. The van der Waals surface area contributed by atoms with E-state index in [-0.39, 0.29) is 11.7 Å². The molecule has 1 amide bonds. The van der Waals surface area contributed by atoms with Crippen LogP contribution in [-0.2, 0) is 4.79 Å². The summed E-state index contributed by atoms with van der Waals surface area (Å²) in [7, 11) is 1.62. The van der Waals surface area contributed by atoms with Crippen LogP contribution < -0.4 is 14.8 Å². The molecule has 0 bridgehead atoms. The van der Waals surface area contributed by atoms with Crippen molar-refractivity contribution in [2.45, 2.75) is 12.1 Å². The Bertz CT molecular complexity index is 945. The molecule has 0 atom stereocenters. The second-order valence-electron chi connectivity index (χ2n) is 6.00. The quantitative estimate of drug-likeness (QED) is 0.411. The molecule has 0 aliphatic carbocycles. The van der Waals surface area contributed by atoms with E-state index in [1.165, 1.54) is 11.8 Å². The lowest BCUT2D eigenvalue weighted by molar-refractivity contribution is -0.118. The maximum Gasteiger partial charge on any atom is 0.230 e. The Morgan fingerprint density at radius 2 is 1.79 bits per heavy atom. The van der Waals surface area contributed by atoms with Crippen LogP contribution in [0.3, 0.4) is 0 Å². The highest BCUT2D eigenvalue weighted by atomic mass is 35.5. The molecule has 1 N–H and O–H groups in total. The van der Waals surface area contributed by atoms with E-state index in [1.807, 2.05) is 35.8 Å². The highest BCUT2D eigenvalue weighted by Gasteiger charge is 2.13. The lowest BCUT2D eigenvalue weighted by Gasteiger charge is -2.10. The second-order valence-corrected chi connectivity index (χ2v) is 7.38.